The maximum atomic E-state index is 8.01. The third-order valence-corrected chi connectivity index (χ3v) is 1.45. The van der Waals surface area contributed by atoms with Crippen molar-refractivity contribution in [1.82, 2.24) is 0 Å². The summed E-state index contributed by atoms with van der Waals surface area (Å²) in [5, 5.41) is 10.8. The summed E-state index contributed by atoms with van der Waals surface area (Å²) in [4.78, 5) is 0. The zero-order chi connectivity index (χ0) is 7.98. The van der Waals surface area contributed by atoms with Crippen LogP contribution in [-0.2, 0) is 4.74 Å². The summed E-state index contributed by atoms with van der Waals surface area (Å²) in [6.07, 6.45) is 1.55. The number of oxime groups is 1. The van der Waals surface area contributed by atoms with Gasteiger partial charge >= 0.3 is 0 Å². The van der Waals surface area contributed by atoms with E-state index in [1.165, 1.54) is 6.21 Å². The van der Waals surface area contributed by atoms with Crippen molar-refractivity contribution in [1.29, 1.82) is 0 Å². The number of hydrogen-bond donors (Lipinski definition) is 1. The van der Waals surface area contributed by atoms with Gasteiger partial charge in [-0.1, -0.05) is 19.0 Å². The molecular formula is C7H15NO2. The molecule has 0 heterocycles. The van der Waals surface area contributed by atoms with Crippen LogP contribution in [0.15, 0.2) is 5.16 Å². The van der Waals surface area contributed by atoms with Gasteiger partial charge in [0.05, 0.1) is 18.9 Å². The summed E-state index contributed by atoms with van der Waals surface area (Å²) in [5.41, 5.74) is 0. The van der Waals surface area contributed by atoms with Crippen molar-refractivity contribution in [3.63, 3.8) is 0 Å². The maximum absolute atomic E-state index is 8.01. The van der Waals surface area contributed by atoms with E-state index in [0.717, 1.165) is 0 Å². The van der Waals surface area contributed by atoms with Gasteiger partial charge in [0.1, 0.15) is 0 Å². The first-order valence-corrected chi connectivity index (χ1v) is 3.46. The van der Waals surface area contributed by atoms with E-state index in [1.807, 2.05) is 6.92 Å². The second-order valence-corrected chi connectivity index (χ2v) is 2.58. The Morgan fingerprint density at radius 3 is 2.50 bits per heavy atom. The molecule has 3 heteroatoms. The number of hydrogen-bond acceptors (Lipinski definition) is 3. The number of nitrogens with zero attached hydrogens (tertiary/aromatic N) is 1. The molecule has 0 bridgehead atoms. The summed E-state index contributed by atoms with van der Waals surface area (Å²) in [5.74, 6) is 0.507. The Hall–Kier alpha value is -0.570. The largest absolute Gasteiger partial charge is 0.411 e. The molecule has 0 saturated carbocycles. The van der Waals surface area contributed by atoms with Crippen LogP contribution in [0.5, 0.6) is 0 Å². The summed E-state index contributed by atoms with van der Waals surface area (Å²) < 4.78 is 5.23. The molecule has 0 fully saturated rings. The minimum absolute atomic E-state index is 0.220. The molecule has 1 atom stereocenters. The fourth-order valence-corrected chi connectivity index (χ4v) is 0.421. The van der Waals surface area contributed by atoms with E-state index in [4.69, 9.17) is 9.94 Å². The van der Waals surface area contributed by atoms with Crippen LogP contribution in [0.3, 0.4) is 0 Å². The van der Waals surface area contributed by atoms with E-state index in [2.05, 4.69) is 19.0 Å². The predicted octanol–water partition coefficient (Wildman–Crippen LogP) is 1.51. The van der Waals surface area contributed by atoms with Crippen LogP contribution >= 0.6 is 0 Å². The normalized spacial score (nSPS) is 14.8. The van der Waals surface area contributed by atoms with Crippen molar-refractivity contribution in [2.45, 2.75) is 26.9 Å². The molecule has 0 saturated heterocycles. The third-order valence-electron chi connectivity index (χ3n) is 1.45. The molecule has 1 N–H and O–H groups in total. The Bertz CT molecular complexity index is 102. The van der Waals surface area contributed by atoms with E-state index < -0.39 is 0 Å². The first-order valence-electron chi connectivity index (χ1n) is 3.46. The van der Waals surface area contributed by atoms with Gasteiger partial charge in [-0.15, -0.1) is 0 Å². The first kappa shape index (κ1) is 9.43. The lowest BCUT2D eigenvalue weighted by atomic mass is 10.1. The molecule has 10 heavy (non-hydrogen) atoms. The quantitative estimate of drug-likeness (QED) is 0.370. The molecule has 0 aromatic rings. The monoisotopic (exact) mass is 145 g/mol. The Labute approximate surface area is 61.7 Å². The second-order valence-electron chi connectivity index (χ2n) is 2.58. The second kappa shape index (κ2) is 5.23. The summed E-state index contributed by atoms with van der Waals surface area (Å²) >= 11 is 0. The Balaban J connectivity index is 3.30. The average molecular weight is 145 g/mol. The Morgan fingerprint density at radius 2 is 2.10 bits per heavy atom. The van der Waals surface area contributed by atoms with E-state index in [0.29, 0.717) is 12.5 Å². The molecule has 0 radical (unpaired) electrons. The van der Waals surface area contributed by atoms with Crippen LogP contribution in [0.1, 0.15) is 20.8 Å². The molecule has 1 unspecified atom stereocenters. The average Bonchev–Trinajstić information content (AvgIpc) is 1.88. The zero-order valence-electron chi connectivity index (χ0n) is 6.74. The van der Waals surface area contributed by atoms with Gasteiger partial charge in [0, 0.05) is 0 Å². The minimum Gasteiger partial charge on any atom is -0.411 e. The smallest absolute Gasteiger partial charge is 0.0855 e. The van der Waals surface area contributed by atoms with E-state index >= 15 is 0 Å². The van der Waals surface area contributed by atoms with Crippen molar-refractivity contribution in [2.75, 3.05) is 6.61 Å². The van der Waals surface area contributed by atoms with Crippen LogP contribution in [0.4, 0.5) is 0 Å². The molecule has 3 nitrogen and oxygen atoms in total. The van der Waals surface area contributed by atoms with Gasteiger partial charge in [0.15, 0.2) is 0 Å². The molecule has 0 aromatic carbocycles. The topological polar surface area (TPSA) is 41.8 Å². The molecule has 0 rings (SSSR count). The minimum atomic E-state index is 0.220. The molecule has 0 spiro atoms. The predicted molar refractivity (Wildman–Crippen MR) is 40.5 cm³/mol. The van der Waals surface area contributed by atoms with E-state index in [1.54, 1.807) is 0 Å². The molecule has 0 amide bonds. The number of ether oxygens (including phenoxy) is 1. The standard InChI is InChI=1S/C7H15NO2/c1-6(2)7(3)10-5-4-8-9/h4,6-7,9H,5H2,1-3H3/b8-4+. The van der Waals surface area contributed by atoms with Crippen molar-refractivity contribution >= 4 is 6.21 Å². The SMILES string of the molecule is CC(C)C(C)OC/C=N/O. The van der Waals surface area contributed by atoms with E-state index in [9.17, 15) is 0 Å². The van der Waals surface area contributed by atoms with Gasteiger partial charge in [-0.3, -0.25) is 0 Å². The lowest BCUT2D eigenvalue weighted by Crippen LogP contribution is -2.16. The van der Waals surface area contributed by atoms with Gasteiger partial charge in [-0.05, 0) is 12.8 Å². The van der Waals surface area contributed by atoms with Gasteiger partial charge in [0.25, 0.3) is 0 Å². The van der Waals surface area contributed by atoms with Crippen LogP contribution < -0.4 is 0 Å². The first-order chi connectivity index (χ1) is 4.68. The molecule has 0 aliphatic carbocycles. The molecular weight excluding hydrogens is 130 g/mol. The molecule has 0 aromatic heterocycles. The van der Waals surface area contributed by atoms with Crippen molar-refractivity contribution in [2.24, 2.45) is 11.1 Å². The van der Waals surface area contributed by atoms with Crippen LogP contribution in [0, 0.1) is 5.92 Å². The maximum Gasteiger partial charge on any atom is 0.0855 e. The van der Waals surface area contributed by atoms with E-state index in [-0.39, 0.29) is 6.10 Å². The Morgan fingerprint density at radius 1 is 1.50 bits per heavy atom. The van der Waals surface area contributed by atoms with Gasteiger partial charge in [-0.25, -0.2) is 0 Å². The third kappa shape index (κ3) is 4.32. The Kier molecular flexibility index (Phi) is 4.94. The summed E-state index contributed by atoms with van der Waals surface area (Å²) in [6, 6.07) is 0. The molecule has 0 aliphatic rings. The van der Waals surface area contributed by atoms with Crippen molar-refractivity contribution < 1.29 is 9.94 Å². The van der Waals surface area contributed by atoms with Crippen molar-refractivity contribution in [3.8, 4) is 0 Å². The van der Waals surface area contributed by atoms with Gasteiger partial charge < -0.3 is 9.94 Å². The lowest BCUT2D eigenvalue weighted by Gasteiger charge is -2.14. The van der Waals surface area contributed by atoms with Crippen molar-refractivity contribution in [3.05, 3.63) is 0 Å². The van der Waals surface area contributed by atoms with Crippen LogP contribution in [0.2, 0.25) is 0 Å². The highest BCUT2D eigenvalue weighted by molar-refractivity contribution is 5.57. The van der Waals surface area contributed by atoms with Crippen LogP contribution in [-0.4, -0.2) is 24.1 Å². The highest BCUT2D eigenvalue weighted by Crippen LogP contribution is 2.03. The molecule has 0 aliphatic heterocycles. The molecule has 60 valence electrons. The summed E-state index contributed by atoms with van der Waals surface area (Å²) in [7, 11) is 0. The zero-order valence-corrected chi connectivity index (χ0v) is 6.74. The van der Waals surface area contributed by atoms with Gasteiger partial charge in [-0.2, -0.15) is 0 Å². The fraction of sp³-hybridized carbons (Fsp3) is 0.857. The van der Waals surface area contributed by atoms with Gasteiger partial charge in [0.2, 0.25) is 0 Å². The lowest BCUT2D eigenvalue weighted by molar-refractivity contribution is 0.0620. The summed E-state index contributed by atoms with van der Waals surface area (Å²) in [6.45, 7) is 6.55. The highest BCUT2D eigenvalue weighted by atomic mass is 16.5. The highest BCUT2D eigenvalue weighted by Gasteiger charge is 2.04. The number of rotatable bonds is 4. The fourth-order valence-electron chi connectivity index (χ4n) is 0.421. The van der Waals surface area contributed by atoms with Crippen LogP contribution in [0.25, 0.3) is 0 Å².